The number of phenols is 1. The monoisotopic (exact) mass is 194 g/mol. The lowest BCUT2D eigenvalue weighted by atomic mass is 10.1. The van der Waals surface area contributed by atoms with Crippen molar-refractivity contribution in [1.29, 1.82) is 0 Å². The molecule has 1 aromatic rings. The molecule has 2 N–H and O–H groups in total. The molecule has 0 aliphatic carbocycles. The van der Waals surface area contributed by atoms with Gasteiger partial charge in [-0.15, -0.1) is 0 Å². The lowest BCUT2D eigenvalue weighted by Crippen LogP contribution is -1.99. The summed E-state index contributed by atoms with van der Waals surface area (Å²) in [6.07, 6.45) is 3.54. The molecular formula is C12H18O2. The number of aryl methyl sites for hydroxylation is 1. The Morgan fingerprint density at radius 1 is 1.21 bits per heavy atom. The van der Waals surface area contributed by atoms with Gasteiger partial charge in [0.25, 0.3) is 0 Å². The zero-order valence-electron chi connectivity index (χ0n) is 8.61. The van der Waals surface area contributed by atoms with Crippen molar-refractivity contribution in [2.75, 3.05) is 0 Å². The first kappa shape index (κ1) is 11.1. The molecule has 0 aliphatic rings. The van der Waals surface area contributed by atoms with Gasteiger partial charge in [0.2, 0.25) is 0 Å². The van der Waals surface area contributed by atoms with Gasteiger partial charge in [0.15, 0.2) is 0 Å². The van der Waals surface area contributed by atoms with Crippen molar-refractivity contribution in [2.24, 2.45) is 0 Å². The van der Waals surface area contributed by atoms with E-state index in [2.05, 4.69) is 0 Å². The van der Waals surface area contributed by atoms with Crippen molar-refractivity contribution in [3.63, 3.8) is 0 Å². The van der Waals surface area contributed by atoms with E-state index in [0.29, 0.717) is 5.75 Å². The number of para-hydroxylation sites is 1. The van der Waals surface area contributed by atoms with Crippen LogP contribution in [-0.4, -0.2) is 16.3 Å². The molecule has 0 heterocycles. The average molecular weight is 194 g/mol. The predicted octanol–water partition coefficient (Wildman–Crippen LogP) is 2.49. The van der Waals surface area contributed by atoms with Crippen molar-refractivity contribution >= 4 is 0 Å². The first-order valence-electron chi connectivity index (χ1n) is 5.15. The number of benzene rings is 1. The third-order valence-electron chi connectivity index (χ3n) is 2.31. The molecule has 78 valence electrons. The Balaban J connectivity index is 2.28. The molecule has 0 spiro atoms. The van der Waals surface area contributed by atoms with Crippen molar-refractivity contribution < 1.29 is 10.2 Å². The maximum Gasteiger partial charge on any atom is 0.118 e. The molecular weight excluding hydrogens is 176 g/mol. The highest BCUT2D eigenvalue weighted by Gasteiger charge is 2.00. The second kappa shape index (κ2) is 5.66. The summed E-state index contributed by atoms with van der Waals surface area (Å²) in [5.41, 5.74) is 0.998. The van der Waals surface area contributed by atoms with Crippen LogP contribution in [0.4, 0.5) is 0 Å². The second-order valence-electron chi connectivity index (χ2n) is 3.72. The normalized spacial score (nSPS) is 12.7. The van der Waals surface area contributed by atoms with Crippen LogP contribution in [0.15, 0.2) is 24.3 Å². The fraction of sp³-hybridized carbons (Fsp3) is 0.500. The Hall–Kier alpha value is -1.02. The van der Waals surface area contributed by atoms with Gasteiger partial charge in [-0.05, 0) is 37.8 Å². The molecule has 0 saturated carbocycles. The fourth-order valence-electron chi connectivity index (χ4n) is 1.48. The van der Waals surface area contributed by atoms with E-state index in [4.69, 9.17) is 5.11 Å². The standard InChI is InChI=1S/C12H18O2/c1-10(13)6-2-3-7-11-8-4-5-9-12(11)14/h4-5,8-10,13-14H,2-3,6-7H2,1H3. The van der Waals surface area contributed by atoms with Crippen molar-refractivity contribution in [3.8, 4) is 5.75 Å². The highest BCUT2D eigenvalue weighted by Crippen LogP contribution is 2.18. The highest BCUT2D eigenvalue weighted by atomic mass is 16.3. The molecule has 0 aromatic heterocycles. The van der Waals surface area contributed by atoms with E-state index in [1.807, 2.05) is 18.2 Å². The van der Waals surface area contributed by atoms with Crippen molar-refractivity contribution in [3.05, 3.63) is 29.8 Å². The summed E-state index contributed by atoms with van der Waals surface area (Å²) in [5.74, 6) is 0.379. The molecule has 0 radical (unpaired) electrons. The van der Waals surface area contributed by atoms with Gasteiger partial charge < -0.3 is 10.2 Å². The number of hydrogen-bond donors (Lipinski definition) is 2. The molecule has 0 bridgehead atoms. The fourth-order valence-corrected chi connectivity index (χ4v) is 1.48. The molecule has 14 heavy (non-hydrogen) atoms. The predicted molar refractivity (Wildman–Crippen MR) is 57.3 cm³/mol. The zero-order valence-corrected chi connectivity index (χ0v) is 8.61. The first-order valence-corrected chi connectivity index (χ1v) is 5.15. The largest absolute Gasteiger partial charge is 0.508 e. The van der Waals surface area contributed by atoms with Gasteiger partial charge in [-0.25, -0.2) is 0 Å². The van der Waals surface area contributed by atoms with Crippen molar-refractivity contribution in [2.45, 2.75) is 38.7 Å². The van der Waals surface area contributed by atoms with E-state index in [9.17, 15) is 5.11 Å². The van der Waals surface area contributed by atoms with Gasteiger partial charge in [0.05, 0.1) is 6.10 Å². The van der Waals surface area contributed by atoms with Crippen LogP contribution < -0.4 is 0 Å². The number of phenolic OH excluding ortho intramolecular Hbond substituents is 1. The van der Waals surface area contributed by atoms with E-state index in [-0.39, 0.29) is 6.10 Å². The summed E-state index contributed by atoms with van der Waals surface area (Å²) >= 11 is 0. The number of rotatable bonds is 5. The molecule has 1 unspecified atom stereocenters. The molecule has 1 aromatic carbocycles. The highest BCUT2D eigenvalue weighted by molar-refractivity contribution is 5.31. The summed E-state index contributed by atoms with van der Waals surface area (Å²) < 4.78 is 0. The smallest absolute Gasteiger partial charge is 0.118 e. The van der Waals surface area contributed by atoms with Crippen LogP contribution in [0.25, 0.3) is 0 Å². The lowest BCUT2D eigenvalue weighted by Gasteiger charge is -2.05. The number of aliphatic hydroxyl groups excluding tert-OH is 1. The van der Waals surface area contributed by atoms with Crippen LogP contribution in [0.5, 0.6) is 5.75 Å². The molecule has 1 atom stereocenters. The van der Waals surface area contributed by atoms with Crippen LogP contribution in [0.1, 0.15) is 31.7 Å². The number of aliphatic hydroxyl groups is 1. The lowest BCUT2D eigenvalue weighted by molar-refractivity contribution is 0.180. The average Bonchev–Trinajstić information content (AvgIpc) is 2.15. The minimum atomic E-state index is -0.209. The van der Waals surface area contributed by atoms with Gasteiger partial charge in [0.1, 0.15) is 5.75 Å². The Morgan fingerprint density at radius 3 is 2.57 bits per heavy atom. The Labute approximate surface area is 85.2 Å². The number of hydrogen-bond acceptors (Lipinski definition) is 2. The Morgan fingerprint density at radius 2 is 1.93 bits per heavy atom. The van der Waals surface area contributed by atoms with E-state index in [1.54, 1.807) is 13.0 Å². The summed E-state index contributed by atoms with van der Waals surface area (Å²) in [7, 11) is 0. The summed E-state index contributed by atoms with van der Waals surface area (Å²) in [5, 5.41) is 18.5. The van der Waals surface area contributed by atoms with Crippen molar-refractivity contribution in [1.82, 2.24) is 0 Å². The molecule has 0 fully saturated rings. The number of unbranched alkanes of at least 4 members (excludes halogenated alkanes) is 1. The van der Waals surface area contributed by atoms with Gasteiger partial charge in [-0.3, -0.25) is 0 Å². The topological polar surface area (TPSA) is 40.5 Å². The molecule has 1 rings (SSSR count). The molecule has 2 nitrogen and oxygen atoms in total. The van der Waals surface area contributed by atoms with Crippen LogP contribution >= 0.6 is 0 Å². The molecule has 0 saturated heterocycles. The zero-order chi connectivity index (χ0) is 10.4. The van der Waals surface area contributed by atoms with E-state index < -0.39 is 0 Å². The third kappa shape index (κ3) is 3.79. The van der Waals surface area contributed by atoms with E-state index in [1.165, 1.54) is 0 Å². The minimum absolute atomic E-state index is 0.209. The molecule has 2 heteroatoms. The SMILES string of the molecule is CC(O)CCCCc1ccccc1O. The Kier molecular flexibility index (Phi) is 4.47. The minimum Gasteiger partial charge on any atom is -0.508 e. The van der Waals surface area contributed by atoms with E-state index >= 15 is 0 Å². The van der Waals surface area contributed by atoms with Gasteiger partial charge >= 0.3 is 0 Å². The van der Waals surface area contributed by atoms with Crippen LogP contribution in [0.3, 0.4) is 0 Å². The van der Waals surface area contributed by atoms with Crippen LogP contribution in [-0.2, 0) is 6.42 Å². The van der Waals surface area contributed by atoms with Gasteiger partial charge in [-0.1, -0.05) is 24.6 Å². The maximum atomic E-state index is 9.47. The maximum absolute atomic E-state index is 9.47. The quantitative estimate of drug-likeness (QED) is 0.707. The summed E-state index contributed by atoms with van der Waals surface area (Å²) in [6.45, 7) is 1.81. The van der Waals surface area contributed by atoms with Gasteiger partial charge in [0, 0.05) is 0 Å². The van der Waals surface area contributed by atoms with Crippen LogP contribution in [0, 0.1) is 0 Å². The summed E-state index contributed by atoms with van der Waals surface area (Å²) in [4.78, 5) is 0. The summed E-state index contributed by atoms with van der Waals surface area (Å²) in [6, 6.07) is 7.42. The van der Waals surface area contributed by atoms with Crippen LogP contribution in [0.2, 0.25) is 0 Å². The molecule has 0 amide bonds. The second-order valence-corrected chi connectivity index (χ2v) is 3.72. The molecule has 0 aliphatic heterocycles. The van der Waals surface area contributed by atoms with E-state index in [0.717, 1.165) is 31.2 Å². The number of aromatic hydroxyl groups is 1. The third-order valence-corrected chi connectivity index (χ3v) is 2.31. The van der Waals surface area contributed by atoms with Gasteiger partial charge in [-0.2, -0.15) is 0 Å². The Bertz CT molecular complexity index is 269. The first-order chi connectivity index (χ1) is 6.70.